The first-order chi connectivity index (χ1) is 9.57. The number of nitrogens with zero attached hydrogens (tertiary/aromatic N) is 1. The minimum absolute atomic E-state index is 0.143. The lowest BCUT2D eigenvalue weighted by molar-refractivity contribution is -0.325. The highest BCUT2D eigenvalue weighted by Crippen LogP contribution is 2.36. The van der Waals surface area contributed by atoms with E-state index >= 15 is 0 Å². The molecule has 116 valence electrons. The van der Waals surface area contributed by atoms with Gasteiger partial charge in [-0.25, -0.2) is 4.98 Å². The Hall–Kier alpha value is -1.97. The van der Waals surface area contributed by atoms with E-state index in [1.807, 2.05) is 0 Å². The molecule has 0 aliphatic carbocycles. The van der Waals surface area contributed by atoms with Gasteiger partial charge in [-0.1, -0.05) is 0 Å². The lowest BCUT2D eigenvalue weighted by Gasteiger charge is -2.22. The Balaban J connectivity index is 2.16. The number of hydrogen-bond acceptors (Lipinski definition) is 4. The summed E-state index contributed by atoms with van der Waals surface area (Å²) in [5, 5.41) is 0. The number of alkyl halides is 6. The maximum absolute atomic E-state index is 12.3. The first kappa shape index (κ1) is 15.4. The normalized spacial score (nSPS) is 13.3. The number of benzene rings is 1. The van der Waals surface area contributed by atoms with Crippen molar-refractivity contribution in [3.05, 3.63) is 24.1 Å². The van der Waals surface area contributed by atoms with Crippen LogP contribution in [-0.2, 0) is 11.3 Å². The Morgan fingerprint density at radius 3 is 2.33 bits per heavy atom. The predicted octanol–water partition coefficient (Wildman–Crippen LogP) is 3.42. The average molecular weight is 314 g/mol. The molecule has 0 aliphatic rings. The monoisotopic (exact) mass is 314 g/mol. The fourth-order valence-electron chi connectivity index (χ4n) is 1.58. The van der Waals surface area contributed by atoms with E-state index in [1.54, 1.807) is 0 Å². The Bertz CT molecular complexity index is 620. The summed E-state index contributed by atoms with van der Waals surface area (Å²) in [7, 11) is 0. The molecule has 1 heterocycles. The van der Waals surface area contributed by atoms with Crippen molar-refractivity contribution in [2.24, 2.45) is 0 Å². The molecule has 21 heavy (non-hydrogen) atoms. The molecule has 2 N–H and O–H groups in total. The quantitative estimate of drug-likeness (QED) is 0.696. The highest BCUT2D eigenvalue weighted by molar-refractivity contribution is 5.76. The molecule has 0 amide bonds. The van der Waals surface area contributed by atoms with E-state index < -0.39 is 31.0 Å². The molecule has 4 nitrogen and oxygen atoms in total. The van der Waals surface area contributed by atoms with Gasteiger partial charge in [-0.3, -0.25) is 0 Å². The van der Waals surface area contributed by atoms with Crippen LogP contribution >= 0.6 is 0 Å². The van der Waals surface area contributed by atoms with Gasteiger partial charge in [-0.2, -0.15) is 26.3 Å². The van der Waals surface area contributed by atoms with Crippen LogP contribution in [0.5, 0.6) is 0 Å². The molecule has 0 aliphatic heterocycles. The van der Waals surface area contributed by atoms with E-state index in [9.17, 15) is 26.3 Å². The van der Waals surface area contributed by atoms with Gasteiger partial charge in [-0.05, 0) is 12.1 Å². The molecule has 0 spiro atoms. The maximum Gasteiger partial charge on any atom is 0.423 e. The maximum atomic E-state index is 12.3. The molecule has 0 fully saturated rings. The van der Waals surface area contributed by atoms with Crippen molar-refractivity contribution in [2.45, 2.75) is 25.1 Å². The molecule has 2 rings (SSSR count). The van der Waals surface area contributed by atoms with Crippen LogP contribution in [0.4, 0.5) is 32.0 Å². The molecule has 0 unspecified atom stereocenters. The van der Waals surface area contributed by atoms with Gasteiger partial charge >= 0.3 is 12.4 Å². The zero-order valence-corrected chi connectivity index (χ0v) is 10.1. The highest BCUT2D eigenvalue weighted by atomic mass is 19.4. The second-order valence-corrected chi connectivity index (χ2v) is 4.11. The summed E-state index contributed by atoms with van der Waals surface area (Å²) < 4.78 is 82.4. The molecule has 1 aromatic carbocycles. The van der Waals surface area contributed by atoms with E-state index in [0.29, 0.717) is 5.69 Å². The third-order valence-electron chi connectivity index (χ3n) is 2.42. The van der Waals surface area contributed by atoms with E-state index in [4.69, 9.17) is 10.2 Å². The van der Waals surface area contributed by atoms with E-state index in [2.05, 4.69) is 9.72 Å². The Morgan fingerprint density at radius 2 is 1.76 bits per heavy atom. The zero-order chi connectivity index (χ0) is 15.8. The van der Waals surface area contributed by atoms with Crippen molar-refractivity contribution < 1.29 is 35.5 Å². The van der Waals surface area contributed by atoms with Crippen LogP contribution in [0.1, 0.15) is 5.89 Å². The van der Waals surface area contributed by atoms with Gasteiger partial charge < -0.3 is 14.9 Å². The number of fused-ring (bicyclic) bond motifs is 1. The van der Waals surface area contributed by atoms with Crippen LogP contribution in [0.15, 0.2) is 22.6 Å². The van der Waals surface area contributed by atoms with Crippen molar-refractivity contribution in [1.29, 1.82) is 0 Å². The first-order valence-electron chi connectivity index (χ1n) is 5.47. The summed E-state index contributed by atoms with van der Waals surface area (Å²) >= 11 is 0. The molecule has 0 radical (unpaired) electrons. The SMILES string of the molecule is Nc1ccc2nc(COC(C(F)(F)F)C(F)(F)F)oc2c1. The first-order valence-corrected chi connectivity index (χ1v) is 5.47. The van der Waals surface area contributed by atoms with Crippen molar-refractivity contribution in [3.63, 3.8) is 0 Å². The van der Waals surface area contributed by atoms with Crippen LogP contribution in [-0.4, -0.2) is 23.4 Å². The molecule has 0 saturated heterocycles. The molecule has 0 saturated carbocycles. The summed E-state index contributed by atoms with van der Waals surface area (Å²) in [6, 6.07) is 4.23. The Kier molecular flexibility index (Phi) is 3.74. The molecule has 2 aromatic rings. The average Bonchev–Trinajstić information content (AvgIpc) is 2.67. The number of halogens is 6. The number of aromatic nitrogens is 1. The fourth-order valence-corrected chi connectivity index (χ4v) is 1.58. The predicted molar refractivity (Wildman–Crippen MR) is 59.1 cm³/mol. The van der Waals surface area contributed by atoms with Crippen molar-refractivity contribution in [3.8, 4) is 0 Å². The van der Waals surface area contributed by atoms with Crippen LogP contribution in [0.2, 0.25) is 0 Å². The van der Waals surface area contributed by atoms with Gasteiger partial charge in [0.15, 0.2) is 5.58 Å². The molecule has 10 heteroatoms. The van der Waals surface area contributed by atoms with Gasteiger partial charge in [0.2, 0.25) is 12.0 Å². The summed E-state index contributed by atoms with van der Waals surface area (Å²) in [5.41, 5.74) is 6.16. The van der Waals surface area contributed by atoms with Gasteiger partial charge in [0.1, 0.15) is 12.1 Å². The number of hydrogen-bond donors (Lipinski definition) is 1. The smallest absolute Gasteiger partial charge is 0.423 e. The van der Waals surface area contributed by atoms with Crippen molar-refractivity contribution >= 4 is 16.8 Å². The molecule has 0 atom stereocenters. The lowest BCUT2D eigenvalue weighted by atomic mass is 10.3. The van der Waals surface area contributed by atoms with Gasteiger partial charge in [0, 0.05) is 11.8 Å². The Labute approximate surface area is 113 Å². The zero-order valence-electron chi connectivity index (χ0n) is 10.1. The summed E-state index contributed by atoms with van der Waals surface area (Å²) in [4.78, 5) is 3.71. The summed E-state index contributed by atoms with van der Waals surface area (Å²) in [6.07, 6.45) is -15.0. The van der Waals surface area contributed by atoms with Crippen LogP contribution in [0.25, 0.3) is 11.1 Å². The summed E-state index contributed by atoms with van der Waals surface area (Å²) in [6.45, 7) is -1.07. The van der Waals surface area contributed by atoms with Crippen LogP contribution in [0, 0.1) is 0 Å². The third kappa shape index (κ3) is 3.57. The molecular formula is C11H8F6N2O2. The van der Waals surface area contributed by atoms with Gasteiger partial charge in [0.05, 0.1) is 0 Å². The highest BCUT2D eigenvalue weighted by Gasteiger charge is 2.58. The van der Waals surface area contributed by atoms with E-state index in [1.165, 1.54) is 18.2 Å². The lowest BCUT2D eigenvalue weighted by Crippen LogP contribution is -2.44. The van der Waals surface area contributed by atoms with Crippen molar-refractivity contribution in [2.75, 3.05) is 5.73 Å². The third-order valence-corrected chi connectivity index (χ3v) is 2.42. The van der Waals surface area contributed by atoms with Gasteiger partial charge in [-0.15, -0.1) is 0 Å². The molecular weight excluding hydrogens is 306 g/mol. The number of nitrogen functional groups attached to an aromatic ring is 1. The second-order valence-electron chi connectivity index (χ2n) is 4.11. The number of oxazole rings is 1. The second kappa shape index (κ2) is 5.10. The van der Waals surface area contributed by atoms with Gasteiger partial charge in [0.25, 0.3) is 0 Å². The largest absolute Gasteiger partial charge is 0.438 e. The number of anilines is 1. The minimum atomic E-state index is -5.57. The number of ether oxygens (including phenoxy) is 1. The Morgan fingerprint density at radius 1 is 1.14 bits per heavy atom. The van der Waals surface area contributed by atoms with Crippen LogP contribution < -0.4 is 5.73 Å². The number of rotatable bonds is 3. The standard InChI is InChI=1S/C11H8F6N2O2/c12-10(13,14)9(11(15,16)17)20-4-8-19-6-2-1-5(18)3-7(6)21-8/h1-3,9H,4,18H2. The van der Waals surface area contributed by atoms with E-state index in [0.717, 1.165) is 0 Å². The fraction of sp³-hybridized carbons (Fsp3) is 0.364. The molecule has 0 bridgehead atoms. The van der Waals surface area contributed by atoms with Crippen molar-refractivity contribution in [1.82, 2.24) is 4.98 Å². The number of nitrogens with two attached hydrogens (primary N) is 1. The molecule has 1 aromatic heterocycles. The topological polar surface area (TPSA) is 61.3 Å². The van der Waals surface area contributed by atoms with E-state index in [-0.39, 0.29) is 11.1 Å². The summed E-state index contributed by atoms with van der Waals surface area (Å²) in [5.74, 6) is -0.408. The van der Waals surface area contributed by atoms with Crippen LogP contribution in [0.3, 0.4) is 0 Å². The minimum Gasteiger partial charge on any atom is -0.438 e.